The number of halogens is 6. The fourth-order valence-electron chi connectivity index (χ4n) is 3.42. The van der Waals surface area contributed by atoms with Crippen molar-refractivity contribution < 1.29 is 19.1 Å². The Balaban J connectivity index is 0.000000327. The smallest absolute Gasteiger partial charge is 0.497 e. The van der Waals surface area contributed by atoms with Gasteiger partial charge in [-0.25, -0.2) is 30.1 Å². The lowest BCUT2D eigenvalue weighted by molar-refractivity contribution is 0.103. The third-order valence-corrected chi connectivity index (χ3v) is 6.42. The van der Waals surface area contributed by atoms with E-state index in [2.05, 4.69) is 6.92 Å². The number of hydrogen-bond donors (Lipinski definition) is 0. The van der Waals surface area contributed by atoms with Crippen LogP contribution in [0.15, 0.2) is 78.9 Å². The summed E-state index contributed by atoms with van der Waals surface area (Å²) in [6.07, 6.45) is 0. The standard InChI is InChI=1S/C16H15ClO2.C8H6Cl2O.C8H10O.Al.3ClH/c1-10-4-6-14(17)12(8-10)16(18)13-9-11(2)5-7-15(13)19-3;1-5-2-3-7(9)6(4-5)8(10)11;1-7-3-5-8(9-2)6-4-7;;;;/h4-9H,1-3H3;2-4H,1H3;3-6H,1-2H3;;3*1H/q;;;+3;;;/p-3. The van der Waals surface area contributed by atoms with Crippen LogP contribution in [-0.4, -0.2) is 36.6 Å². The molecule has 0 spiro atoms. The zero-order chi connectivity index (χ0) is 32.7. The van der Waals surface area contributed by atoms with E-state index in [1.165, 1.54) is 5.56 Å². The van der Waals surface area contributed by atoms with Crippen LogP contribution in [0.1, 0.15) is 48.5 Å². The van der Waals surface area contributed by atoms with Gasteiger partial charge in [-0.2, -0.15) is 0 Å². The lowest BCUT2D eigenvalue weighted by Crippen LogP contribution is -2.05. The van der Waals surface area contributed by atoms with Gasteiger partial charge < -0.3 is 9.47 Å². The second-order valence-electron chi connectivity index (χ2n) is 9.04. The van der Waals surface area contributed by atoms with Crippen LogP contribution in [0.2, 0.25) is 10.0 Å². The molecule has 0 aliphatic carbocycles. The van der Waals surface area contributed by atoms with Gasteiger partial charge in [-0.3, -0.25) is 9.59 Å². The first-order chi connectivity index (χ1) is 20.2. The van der Waals surface area contributed by atoms with Gasteiger partial charge in [0, 0.05) is 5.56 Å². The first-order valence-corrected chi connectivity index (χ1v) is 19.0. The van der Waals surface area contributed by atoms with Crippen molar-refractivity contribution in [2.45, 2.75) is 27.7 Å². The minimum Gasteiger partial charge on any atom is -0.497 e. The molecule has 0 aromatic heterocycles. The van der Waals surface area contributed by atoms with E-state index in [0.717, 1.165) is 22.4 Å². The third kappa shape index (κ3) is 14.6. The molecule has 0 heterocycles. The van der Waals surface area contributed by atoms with E-state index in [9.17, 15) is 9.59 Å². The van der Waals surface area contributed by atoms with Crippen molar-refractivity contribution in [1.29, 1.82) is 0 Å². The topological polar surface area (TPSA) is 52.6 Å². The van der Waals surface area contributed by atoms with Crippen LogP contribution in [0.3, 0.4) is 0 Å². The quantitative estimate of drug-likeness (QED) is 0.117. The molecule has 43 heavy (non-hydrogen) atoms. The summed E-state index contributed by atoms with van der Waals surface area (Å²) >= 11 is 15.3. The molecule has 0 fully saturated rings. The van der Waals surface area contributed by atoms with E-state index < -0.39 is 16.6 Å². The molecular formula is C32H31AlCl6O4. The van der Waals surface area contributed by atoms with Crippen molar-refractivity contribution in [2.75, 3.05) is 14.2 Å². The van der Waals surface area contributed by atoms with Crippen molar-refractivity contribution in [1.82, 2.24) is 0 Å². The number of carbonyl (C=O) groups excluding carboxylic acids is 2. The van der Waals surface area contributed by atoms with Crippen LogP contribution in [0, 0.1) is 27.7 Å². The molecule has 4 nitrogen and oxygen atoms in total. The van der Waals surface area contributed by atoms with Crippen LogP contribution in [-0.2, 0) is 0 Å². The lowest BCUT2D eigenvalue weighted by Gasteiger charge is -2.10. The minimum atomic E-state index is -1.72. The summed E-state index contributed by atoms with van der Waals surface area (Å²) < 4.78 is 10.2. The molecule has 0 radical (unpaired) electrons. The Morgan fingerprint density at radius 3 is 1.40 bits per heavy atom. The van der Waals surface area contributed by atoms with Crippen LogP contribution < -0.4 is 9.47 Å². The Morgan fingerprint density at radius 1 is 0.581 bits per heavy atom. The van der Waals surface area contributed by atoms with E-state index in [1.54, 1.807) is 44.6 Å². The maximum atomic E-state index is 12.6. The van der Waals surface area contributed by atoms with Gasteiger partial charge in [-0.05, 0) is 87.8 Å². The summed E-state index contributed by atoms with van der Waals surface area (Å²) in [5.74, 6) is 1.36. The second-order valence-corrected chi connectivity index (χ2v) is 16.6. The fraction of sp³-hybridized carbons (Fsp3) is 0.188. The highest BCUT2D eigenvalue weighted by molar-refractivity contribution is 7.54. The highest BCUT2D eigenvalue weighted by Crippen LogP contribution is 2.27. The van der Waals surface area contributed by atoms with Crippen molar-refractivity contribution in [3.05, 3.63) is 128 Å². The molecule has 0 N–H and O–H groups in total. The Hall–Kier alpha value is -1.91. The summed E-state index contributed by atoms with van der Waals surface area (Å²) in [5, 5.41) is 0.341. The van der Waals surface area contributed by atoms with E-state index in [1.807, 2.05) is 69.3 Å². The Bertz CT molecular complexity index is 1490. The first kappa shape index (κ1) is 39.1. The van der Waals surface area contributed by atoms with Gasteiger partial charge in [0.05, 0.1) is 35.4 Å². The largest absolute Gasteiger partial charge is 0.643 e. The fourth-order valence-corrected chi connectivity index (χ4v) is 4.03. The molecule has 0 aliphatic heterocycles. The molecule has 0 unspecified atom stereocenters. The molecule has 4 rings (SSSR count). The average Bonchev–Trinajstić information content (AvgIpc) is 2.96. The summed E-state index contributed by atoms with van der Waals surface area (Å²) in [6, 6.07) is 24.1. The summed E-state index contributed by atoms with van der Waals surface area (Å²) in [7, 11) is 18.1. The number of hydrogen-bond acceptors (Lipinski definition) is 4. The molecule has 0 amide bonds. The van der Waals surface area contributed by atoms with Crippen molar-refractivity contribution in [2.24, 2.45) is 0 Å². The number of ketones is 1. The maximum absolute atomic E-state index is 12.6. The van der Waals surface area contributed by atoms with E-state index >= 15 is 0 Å². The lowest BCUT2D eigenvalue weighted by atomic mass is 9.99. The van der Waals surface area contributed by atoms with E-state index in [-0.39, 0.29) is 5.78 Å². The Morgan fingerprint density at radius 2 is 0.977 bits per heavy atom. The van der Waals surface area contributed by atoms with E-state index in [0.29, 0.717) is 32.5 Å². The Kier molecular flexibility index (Phi) is 18.4. The zero-order valence-corrected chi connectivity index (χ0v) is 30.2. The molecule has 0 atom stereocenters. The number of ether oxygens (including phenoxy) is 2. The molecule has 0 bridgehead atoms. The Labute approximate surface area is 285 Å². The van der Waals surface area contributed by atoms with Crippen LogP contribution in [0.4, 0.5) is 0 Å². The zero-order valence-electron chi connectivity index (χ0n) is 24.5. The van der Waals surface area contributed by atoms with Crippen LogP contribution in [0.5, 0.6) is 11.5 Å². The maximum Gasteiger partial charge on any atom is 0.643 e. The number of rotatable bonds is 5. The predicted molar refractivity (Wildman–Crippen MR) is 185 cm³/mol. The van der Waals surface area contributed by atoms with Gasteiger partial charge in [-0.1, -0.05) is 75.8 Å². The molecule has 0 aliphatic rings. The van der Waals surface area contributed by atoms with Gasteiger partial charge >= 0.3 is 11.4 Å². The van der Waals surface area contributed by atoms with E-state index in [4.69, 9.17) is 74.4 Å². The molecule has 11 heteroatoms. The molecule has 228 valence electrons. The van der Waals surface area contributed by atoms with Gasteiger partial charge in [-0.15, -0.1) is 0 Å². The summed E-state index contributed by atoms with van der Waals surface area (Å²) in [4.78, 5) is 23.3. The van der Waals surface area contributed by atoms with Crippen molar-refractivity contribution in [3.8, 4) is 11.5 Å². The molecular weight excluding hydrogens is 688 g/mol. The molecule has 0 saturated carbocycles. The predicted octanol–water partition coefficient (Wildman–Crippen LogP) is 10.9. The second kappa shape index (κ2) is 20.2. The molecule has 0 saturated heterocycles. The first-order valence-electron chi connectivity index (χ1n) is 12.6. The van der Waals surface area contributed by atoms with Gasteiger partial charge in [0.25, 0.3) is 5.24 Å². The highest BCUT2D eigenvalue weighted by atomic mass is 35.8. The van der Waals surface area contributed by atoms with Gasteiger partial charge in [0.1, 0.15) is 11.5 Å². The normalized spacial score (nSPS) is 9.58. The number of methoxy groups -OCH3 is 2. The number of aryl methyl sites for hydroxylation is 4. The molecule has 4 aromatic carbocycles. The monoisotopic (exact) mass is 716 g/mol. The van der Waals surface area contributed by atoms with Gasteiger partial charge in [0.15, 0.2) is 5.78 Å². The SMILES string of the molecule is COc1ccc(C)cc1.COc1ccc(C)cc1C(=O)c1cc(C)ccc1Cl.Cc1ccc(Cl)c(C(=O)Cl)c1.[Cl][Al]([Cl])[Cl]. The average molecular weight is 719 g/mol. The highest BCUT2D eigenvalue weighted by Gasteiger charge is 2.17. The number of benzene rings is 4. The van der Waals surface area contributed by atoms with Crippen LogP contribution in [0.25, 0.3) is 0 Å². The summed E-state index contributed by atoms with van der Waals surface area (Å²) in [6.45, 7) is 7.80. The van der Waals surface area contributed by atoms with Crippen molar-refractivity contribution >= 4 is 87.4 Å². The molecule has 4 aromatic rings. The van der Waals surface area contributed by atoms with Crippen molar-refractivity contribution in [3.63, 3.8) is 0 Å². The number of carbonyl (C=O) groups is 2. The minimum absolute atomic E-state index is 0.116. The third-order valence-electron chi connectivity index (χ3n) is 5.56. The van der Waals surface area contributed by atoms with Crippen LogP contribution >= 0.6 is 65.0 Å². The van der Waals surface area contributed by atoms with Gasteiger partial charge in [0.2, 0.25) is 0 Å². The summed E-state index contributed by atoms with van der Waals surface area (Å²) in [5.41, 5.74) is 5.65.